The zero-order valence-corrected chi connectivity index (χ0v) is 15.9. The second kappa shape index (κ2) is 5.76. The highest BCUT2D eigenvalue weighted by Crippen LogP contribution is 2.72. The molecule has 27 heavy (non-hydrogen) atoms. The summed E-state index contributed by atoms with van der Waals surface area (Å²) in [5.74, 6) is -0.978. The molecule has 3 fully saturated rings. The summed E-state index contributed by atoms with van der Waals surface area (Å²) in [7, 11) is 0. The van der Waals surface area contributed by atoms with Crippen LogP contribution in [0.3, 0.4) is 0 Å². The van der Waals surface area contributed by atoms with E-state index in [4.69, 9.17) is 18.9 Å². The number of fused-ring (bicyclic) bond motifs is 2. The number of aliphatic hydroxyl groups excluding tert-OH is 2. The van der Waals surface area contributed by atoms with E-state index < -0.39 is 58.9 Å². The molecule has 2 heterocycles. The van der Waals surface area contributed by atoms with Crippen LogP contribution in [0.25, 0.3) is 0 Å². The fourth-order valence-electron chi connectivity index (χ4n) is 5.60. The minimum absolute atomic E-state index is 0.0351. The number of aliphatic hydroxyl groups is 2. The molecule has 4 rings (SSSR count). The summed E-state index contributed by atoms with van der Waals surface area (Å²) in [6, 6.07) is 0. The van der Waals surface area contributed by atoms with Crippen LogP contribution in [0, 0.1) is 10.8 Å². The lowest BCUT2D eigenvalue weighted by molar-refractivity contribution is -0.239. The lowest BCUT2D eigenvalue weighted by Gasteiger charge is -2.58. The number of epoxide rings is 1. The van der Waals surface area contributed by atoms with Gasteiger partial charge in [0, 0.05) is 19.3 Å². The van der Waals surface area contributed by atoms with Crippen LogP contribution in [-0.4, -0.2) is 71.5 Å². The predicted octanol–water partition coefficient (Wildman–Crippen LogP) is 0.0957. The largest absolute Gasteiger partial charge is 0.465 e. The molecule has 150 valence electrons. The molecule has 0 aromatic heterocycles. The van der Waals surface area contributed by atoms with Crippen molar-refractivity contribution in [3.8, 4) is 0 Å². The third-order valence-corrected chi connectivity index (χ3v) is 7.18. The minimum Gasteiger partial charge on any atom is -0.465 e. The highest BCUT2D eigenvalue weighted by molar-refractivity contribution is 5.67. The van der Waals surface area contributed by atoms with Gasteiger partial charge < -0.3 is 29.2 Å². The molecule has 0 unspecified atom stereocenters. The molecule has 2 aliphatic carbocycles. The molecule has 1 spiro atoms. The van der Waals surface area contributed by atoms with Crippen LogP contribution in [0.15, 0.2) is 11.6 Å². The van der Waals surface area contributed by atoms with Crippen LogP contribution < -0.4 is 0 Å². The van der Waals surface area contributed by atoms with Crippen molar-refractivity contribution < 1.29 is 38.7 Å². The van der Waals surface area contributed by atoms with E-state index in [2.05, 4.69) is 0 Å². The van der Waals surface area contributed by atoms with Crippen LogP contribution in [0.5, 0.6) is 0 Å². The van der Waals surface area contributed by atoms with Crippen molar-refractivity contribution in [2.45, 2.75) is 70.2 Å². The Morgan fingerprint density at radius 1 is 1.30 bits per heavy atom. The van der Waals surface area contributed by atoms with E-state index in [0.717, 1.165) is 5.57 Å². The Bertz CT molecular complexity index is 712. The molecule has 2 N–H and O–H groups in total. The van der Waals surface area contributed by atoms with Crippen molar-refractivity contribution in [2.75, 3.05) is 13.2 Å². The first kappa shape index (κ1) is 18.9. The molecule has 4 aliphatic rings. The van der Waals surface area contributed by atoms with E-state index in [9.17, 15) is 19.8 Å². The molecule has 2 saturated heterocycles. The molecule has 2 aliphatic heterocycles. The number of rotatable bonds is 3. The quantitative estimate of drug-likeness (QED) is 0.401. The summed E-state index contributed by atoms with van der Waals surface area (Å²) in [5.41, 5.74) is -1.91. The first-order valence-electron chi connectivity index (χ1n) is 9.23. The van der Waals surface area contributed by atoms with Crippen molar-refractivity contribution in [3.63, 3.8) is 0 Å². The Kier molecular flexibility index (Phi) is 4.03. The molecule has 8 nitrogen and oxygen atoms in total. The van der Waals surface area contributed by atoms with E-state index in [1.165, 1.54) is 13.8 Å². The van der Waals surface area contributed by atoms with Gasteiger partial charge in [0.25, 0.3) is 0 Å². The average molecular weight is 382 g/mol. The van der Waals surface area contributed by atoms with E-state index in [-0.39, 0.29) is 13.0 Å². The maximum Gasteiger partial charge on any atom is 0.303 e. The zero-order valence-electron chi connectivity index (χ0n) is 15.9. The van der Waals surface area contributed by atoms with Gasteiger partial charge in [0.05, 0.1) is 24.2 Å². The zero-order chi connectivity index (χ0) is 19.8. The van der Waals surface area contributed by atoms with Gasteiger partial charge in [0.2, 0.25) is 0 Å². The first-order valence-corrected chi connectivity index (χ1v) is 9.23. The monoisotopic (exact) mass is 382 g/mol. The van der Waals surface area contributed by atoms with Crippen LogP contribution in [0.1, 0.15) is 34.1 Å². The maximum absolute atomic E-state index is 11.8. The van der Waals surface area contributed by atoms with E-state index in [0.29, 0.717) is 6.61 Å². The second-order valence-electron chi connectivity index (χ2n) is 8.45. The minimum atomic E-state index is -1.08. The Labute approximate surface area is 157 Å². The van der Waals surface area contributed by atoms with Gasteiger partial charge in [-0.2, -0.15) is 0 Å². The maximum atomic E-state index is 11.8. The van der Waals surface area contributed by atoms with Gasteiger partial charge >= 0.3 is 11.9 Å². The first-order chi connectivity index (χ1) is 12.6. The average Bonchev–Trinajstić information content (AvgIpc) is 3.36. The van der Waals surface area contributed by atoms with Crippen LogP contribution in [-0.2, 0) is 28.5 Å². The summed E-state index contributed by atoms with van der Waals surface area (Å²) < 4.78 is 23.1. The van der Waals surface area contributed by atoms with Crippen molar-refractivity contribution in [2.24, 2.45) is 10.8 Å². The summed E-state index contributed by atoms with van der Waals surface area (Å²) in [5, 5.41) is 21.6. The standard InChI is InChI=1S/C19H26O8/c1-9-5-13-18(6-12(9)22,7-24-10(2)20)17(4)15(26-11(3)21)14(23)16(27-13)19(17)8-25-19/h5,12-16,22-23H,6-8H2,1-4H3/t12-,13-,14-,15+,16-,17-,18+,19-/m0/s1. The van der Waals surface area contributed by atoms with Gasteiger partial charge in [-0.05, 0) is 18.9 Å². The number of ether oxygens (including phenoxy) is 4. The predicted molar refractivity (Wildman–Crippen MR) is 90.5 cm³/mol. The summed E-state index contributed by atoms with van der Waals surface area (Å²) >= 11 is 0. The number of hydrogen-bond acceptors (Lipinski definition) is 8. The molecular formula is C19H26O8. The second-order valence-corrected chi connectivity index (χ2v) is 8.45. The van der Waals surface area contributed by atoms with Gasteiger partial charge in [0.1, 0.15) is 30.5 Å². The lowest BCUT2D eigenvalue weighted by atomic mass is 9.51. The van der Waals surface area contributed by atoms with Crippen LogP contribution in [0.2, 0.25) is 0 Å². The summed E-state index contributed by atoms with van der Waals surface area (Å²) in [6.07, 6.45) is -1.86. The molecule has 8 heteroatoms. The Hall–Kier alpha value is -1.48. The van der Waals surface area contributed by atoms with Crippen molar-refractivity contribution in [1.82, 2.24) is 0 Å². The van der Waals surface area contributed by atoms with Crippen molar-refractivity contribution in [1.29, 1.82) is 0 Å². The fourth-order valence-corrected chi connectivity index (χ4v) is 5.60. The molecule has 0 amide bonds. The Balaban J connectivity index is 1.88. The number of hydrogen-bond donors (Lipinski definition) is 2. The lowest BCUT2D eigenvalue weighted by Crippen LogP contribution is -2.67. The Morgan fingerprint density at radius 2 is 1.96 bits per heavy atom. The van der Waals surface area contributed by atoms with Gasteiger partial charge in [-0.1, -0.05) is 13.0 Å². The highest BCUT2D eigenvalue weighted by atomic mass is 16.7. The van der Waals surface area contributed by atoms with Gasteiger partial charge in [-0.3, -0.25) is 9.59 Å². The van der Waals surface area contributed by atoms with E-state index in [1.54, 1.807) is 0 Å². The van der Waals surface area contributed by atoms with Crippen LogP contribution >= 0.6 is 0 Å². The molecule has 1 saturated carbocycles. The van der Waals surface area contributed by atoms with Gasteiger partial charge in [0.15, 0.2) is 0 Å². The smallest absolute Gasteiger partial charge is 0.303 e. The number of esters is 2. The molecule has 0 aromatic rings. The van der Waals surface area contributed by atoms with Gasteiger partial charge in [-0.15, -0.1) is 0 Å². The summed E-state index contributed by atoms with van der Waals surface area (Å²) in [4.78, 5) is 23.4. The molecule has 0 aromatic carbocycles. The molecular weight excluding hydrogens is 356 g/mol. The van der Waals surface area contributed by atoms with E-state index >= 15 is 0 Å². The molecule has 2 bridgehead atoms. The highest BCUT2D eigenvalue weighted by Gasteiger charge is 2.86. The Morgan fingerprint density at radius 3 is 2.52 bits per heavy atom. The third-order valence-electron chi connectivity index (χ3n) is 7.18. The molecule has 0 radical (unpaired) electrons. The van der Waals surface area contributed by atoms with E-state index in [1.807, 2.05) is 19.9 Å². The number of carbonyl (C=O) groups is 2. The summed E-state index contributed by atoms with van der Waals surface area (Å²) in [6.45, 7) is 6.61. The SMILES string of the molecule is CC(=O)OC[C@]12C[C@H](O)C(C)=C[C@@H]1O[C@H]1[C@@H](O)[C@@H](OC(C)=O)[C@]2(C)[C@]12CO2. The van der Waals surface area contributed by atoms with Crippen LogP contribution in [0.4, 0.5) is 0 Å². The van der Waals surface area contributed by atoms with Crippen molar-refractivity contribution >= 4 is 11.9 Å². The fraction of sp³-hybridized carbons (Fsp3) is 0.789. The normalized spacial score (nSPS) is 50.0. The topological polar surface area (TPSA) is 115 Å². The third kappa shape index (κ3) is 2.24. The number of carbonyl (C=O) groups excluding carboxylic acids is 2. The van der Waals surface area contributed by atoms with Gasteiger partial charge in [-0.25, -0.2) is 0 Å². The molecule has 8 atom stereocenters. The van der Waals surface area contributed by atoms with Crippen molar-refractivity contribution in [3.05, 3.63) is 11.6 Å².